The topological polar surface area (TPSA) is 71.3 Å². The molecule has 1 aromatic heterocycles. The van der Waals surface area contributed by atoms with Gasteiger partial charge in [-0.15, -0.1) is 0 Å². The minimum absolute atomic E-state index is 0.0112. The largest absolute Gasteiger partial charge is 0.506 e. The number of hydrogen-bond donors (Lipinski definition) is 2. The Morgan fingerprint density at radius 3 is 2.71 bits per heavy atom. The van der Waals surface area contributed by atoms with Gasteiger partial charge in [-0.1, -0.05) is 29.8 Å². The van der Waals surface area contributed by atoms with Crippen LogP contribution in [0.5, 0.6) is 5.75 Å². The number of carbonyl (C=O) groups excluding carboxylic acids is 2. The Bertz CT molecular complexity index is 918. The zero-order chi connectivity index (χ0) is 17.1. The molecular formula is C18H15ClN2O3. The second kappa shape index (κ2) is 6.76. The third-order valence-corrected chi connectivity index (χ3v) is 3.90. The number of halogens is 1. The Kier molecular flexibility index (Phi) is 4.53. The average molecular weight is 343 g/mol. The van der Waals surface area contributed by atoms with E-state index in [4.69, 9.17) is 11.6 Å². The number of anilines is 1. The van der Waals surface area contributed by atoms with Gasteiger partial charge in [0.15, 0.2) is 0 Å². The number of nitrogens with one attached hydrogen (secondary N) is 1. The van der Waals surface area contributed by atoms with Crippen molar-refractivity contribution in [2.75, 3.05) is 5.32 Å². The number of phenolic OH excluding ortho intramolecular Hbond substituents is 1. The summed E-state index contributed by atoms with van der Waals surface area (Å²) < 4.78 is 1.54. The average Bonchev–Trinajstić information content (AvgIpc) is 3.00. The third-order valence-electron chi connectivity index (χ3n) is 3.67. The molecule has 3 rings (SSSR count). The van der Waals surface area contributed by atoms with Crippen LogP contribution in [0.25, 0.3) is 10.9 Å². The Hall–Kier alpha value is -2.79. The fourth-order valence-corrected chi connectivity index (χ4v) is 2.63. The minimum Gasteiger partial charge on any atom is -0.506 e. The number of rotatable bonds is 4. The normalized spacial score (nSPS) is 10.7. The molecule has 2 N–H and O–H groups in total. The smallest absolute Gasteiger partial charge is 0.231 e. The lowest BCUT2D eigenvalue weighted by Crippen LogP contribution is -2.16. The lowest BCUT2D eigenvalue weighted by Gasteiger charge is -2.08. The Morgan fingerprint density at radius 1 is 1.08 bits per heavy atom. The summed E-state index contributed by atoms with van der Waals surface area (Å²) in [5.74, 6) is -0.602. The van der Waals surface area contributed by atoms with E-state index in [9.17, 15) is 14.7 Å². The second-order valence-corrected chi connectivity index (χ2v) is 5.78. The van der Waals surface area contributed by atoms with Crippen LogP contribution in [0.1, 0.15) is 17.6 Å². The van der Waals surface area contributed by atoms with Crippen molar-refractivity contribution in [1.29, 1.82) is 0 Å². The van der Waals surface area contributed by atoms with E-state index in [1.165, 1.54) is 18.2 Å². The number of amides is 1. The molecule has 0 unspecified atom stereocenters. The highest BCUT2D eigenvalue weighted by molar-refractivity contribution is 6.31. The molecule has 122 valence electrons. The number of phenols is 1. The van der Waals surface area contributed by atoms with Gasteiger partial charge in [-0.25, -0.2) is 0 Å². The monoisotopic (exact) mass is 342 g/mol. The molecule has 0 bridgehead atoms. The van der Waals surface area contributed by atoms with Crippen LogP contribution in [-0.4, -0.2) is 21.5 Å². The molecule has 0 atom stereocenters. The quantitative estimate of drug-likeness (QED) is 0.702. The summed E-state index contributed by atoms with van der Waals surface area (Å²) >= 11 is 5.83. The van der Waals surface area contributed by atoms with Crippen LogP contribution in [0.4, 0.5) is 5.69 Å². The van der Waals surface area contributed by atoms with Gasteiger partial charge < -0.3 is 10.4 Å². The summed E-state index contributed by atoms with van der Waals surface area (Å²) in [6.45, 7) is 0. The molecule has 1 heterocycles. The molecule has 2 aromatic carbocycles. The van der Waals surface area contributed by atoms with Crippen LogP contribution in [0.15, 0.2) is 54.7 Å². The van der Waals surface area contributed by atoms with Crippen LogP contribution in [0, 0.1) is 0 Å². The summed E-state index contributed by atoms with van der Waals surface area (Å²) in [5, 5.41) is 13.6. The molecule has 0 fully saturated rings. The molecule has 5 nitrogen and oxygen atoms in total. The van der Waals surface area contributed by atoms with Crippen molar-refractivity contribution in [3.8, 4) is 5.75 Å². The van der Waals surface area contributed by atoms with E-state index in [1.54, 1.807) is 10.8 Å². The zero-order valence-electron chi connectivity index (χ0n) is 12.7. The first kappa shape index (κ1) is 16.1. The molecule has 0 radical (unpaired) electrons. The van der Waals surface area contributed by atoms with Crippen LogP contribution in [0.2, 0.25) is 5.02 Å². The number of carbonyl (C=O) groups is 2. The van der Waals surface area contributed by atoms with Gasteiger partial charge in [0, 0.05) is 29.4 Å². The number of fused-ring (bicyclic) bond motifs is 1. The van der Waals surface area contributed by atoms with Crippen molar-refractivity contribution >= 4 is 40.0 Å². The minimum atomic E-state index is -0.364. The Morgan fingerprint density at radius 2 is 1.88 bits per heavy atom. The predicted molar refractivity (Wildman–Crippen MR) is 93.5 cm³/mol. The number of aromatic hydroxyl groups is 1. The molecule has 6 heteroatoms. The fourth-order valence-electron chi connectivity index (χ4n) is 2.46. The number of nitrogens with zero attached hydrogens (tertiary/aromatic N) is 1. The SMILES string of the molecule is O=C(CCC(=O)n1ccc2ccccc21)Nc1cc(Cl)ccc1O. The van der Waals surface area contributed by atoms with Gasteiger partial charge in [-0.2, -0.15) is 0 Å². The molecule has 0 aliphatic rings. The van der Waals surface area contributed by atoms with E-state index in [0.717, 1.165) is 10.9 Å². The molecule has 0 spiro atoms. The number of hydrogen-bond acceptors (Lipinski definition) is 3. The van der Waals surface area contributed by atoms with Crippen molar-refractivity contribution < 1.29 is 14.7 Å². The van der Waals surface area contributed by atoms with E-state index in [2.05, 4.69) is 5.32 Å². The van der Waals surface area contributed by atoms with Crippen LogP contribution >= 0.6 is 11.6 Å². The molecule has 0 saturated heterocycles. The molecular weight excluding hydrogens is 328 g/mol. The molecule has 3 aromatic rings. The number of para-hydroxylation sites is 1. The summed E-state index contributed by atoms with van der Waals surface area (Å²) in [4.78, 5) is 24.3. The van der Waals surface area contributed by atoms with Gasteiger partial charge in [0.25, 0.3) is 0 Å². The van der Waals surface area contributed by atoms with Gasteiger partial charge in [0.05, 0.1) is 11.2 Å². The van der Waals surface area contributed by atoms with Crippen LogP contribution < -0.4 is 5.32 Å². The van der Waals surface area contributed by atoms with E-state index < -0.39 is 0 Å². The van der Waals surface area contributed by atoms with Crippen molar-refractivity contribution in [3.63, 3.8) is 0 Å². The number of aromatic nitrogens is 1. The van der Waals surface area contributed by atoms with Crippen LogP contribution in [0.3, 0.4) is 0 Å². The summed E-state index contributed by atoms with van der Waals surface area (Å²) in [6.07, 6.45) is 1.77. The van der Waals surface area contributed by atoms with Gasteiger partial charge in [0.2, 0.25) is 11.8 Å². The molecule has 0 aliphatic carbocycles. The lowest BCUT2D eigenvalue weighted by molar-refractivity contribution is -0.116. The Labute approximate surface area is 143 Å². The summed E-state index contributed by atoms with van der Waals surface area (Å²) in [5.41, 5.74) is 1.04. The van der Waals surface area contributed by atoms with Gasteiger partial charge in [-0.3, -0.25) is 14.2 Å². The Balaban J connectivity index is 1.64. The van der Waals surface area contributed by atoms with E-state index in [0.29, 0.717) is 5.02 Å². The van der Waals surface area contributed by atoms with Crippen molar-refractivity contribution in [2.45, 2.75) is 12.8 Å². The first-order valence-corrected chi connectivity index (χ1v) is 7.80. The van der Waals surface area contributed by atoms with E-state index >= 15 is 0 Å². The highest BCUT2D eigenvalue weighted by Crippen LogP contribution is 2.26. The van der Waals surface area contributed by atoms with Gasteiger partial charge >= 0.3 is 0 Å². The van der Waals surface area contributed by atoms with Crippen LogP contribution in [-0.2, 0) is 4.79 Å². The highest BCUT2D eigenvalue weighted by Gasteiger charge is 2.12. The molecule has 24 heavy (non-hydrogen) atoms. The molecule has 0 saturated carbocycles. The molecule has 0 aliphatic heterocycles. The molecule has 1 amide bonds. The van der Waals surface area contributed by atoms with Crippen molar-refractivity contribution in [3.05, 3.63) is 59.8 Å². The summed E-state index contributed by atoms with van der Waals surface area (Å²) in [7, 11) is 0. The maximum Gasteiger partial charge on any atom is 0.231 e. The summed E-state index contributed by atoms with van der Waals surface area (Å²) in [6, 6.07) is 13.8. The maximum atomic E-state index is 12.3. The lowest BCUT2D eigenvalue weighted by atomic mass is 10.2. The first-order chi connectivity index (χ1) is 11.5. The van der Waals surface area contributed by atoms with Crippen molar-refractivity contribution in [2.24, 2.45) is 0 Å². The third kappa shape index (κ3) is 3.41. The maximum absolute atomic E-state index is 12.3. The fraction of sp³-hybridized carbons (Fsp3) is 0.111. The van der Waals surface area contributed by atoms with E-state index in [-0.39, 0.29) is 36.1 Å². The number of benzene rings is 2. The van der Waals surface area contributed by atoms with Gasteiger partial charge in [0.1, 0.15) is 5.75 Å². The standard InChI is InChI=1S/C18H15ClN2O3/c19-13-5-6-16(22)14(11-13)20-17(23)7-8-18(24)21-10-9-12-3-1-2-4-15(12)21/h1-6,9-11,22H,7-8H2,(H,20,23). The first-order valence-electron chi connectivity index (χ1n) is 7.42. The van der Waals surface area contributed by atoms with Gasteiger partial charge in [-0.05, 0) is 30.3 Å². The highest BCUT2D eigenvalue weighted by atomic mass is 35.5. The van der Waals surface area contributed by atoms with Crippen molar-refractivity contribution in [1.82, 2.24) is 4.57 Å². The second-order valence-electron chi connectivity index (χ2n) is 5.35. The van der Waals surface area contributed by atoms with E-state index in [1.807, 2.05) is 30.3 Å². The zero-order valence-corrected chi connectivity index (χ0v) is 13.5. The predicted octanol–water partition coefficient (Wildman–Crippen LogP) is 4.06.